The second-order valence-corrected chi connectivity index (χ2v) is 15.3. The number of ketones is 1. The van der Waals surface area contributed by atoms with E-state index in [1.54, 1.807) is 60.9 Å². The van der Waals surface area contributed by atoms with Gasteiger partial charge in [-0.25, -0.2) is 4.79 Å². The summed E-state index contributed by atoms with van der Waals surface area (Å²) in [7, 11) is 0. The maximum atomic E-state index is 15.3. The molecule has 2 unspecified atom stereocenters. The molecule has 1 saturated heterocycles. The lowest BCUT2D eigenvalue weighted by molar-refractivity contribution is -0.362. The van der Waals surface area contributed by atoms with Crippen molar-refractivity contribution in [1.29, 1.82) is 0 Å². The first-order chi connectivity index (χ1) is 22.3. The van der Waals surface area contributed by atoms with E-state index < -0.39 is 53.1 Å². The van der Waals surface area contributed by atoms with Crippen LogP contribution in [0.4, 0.5) is 26.7 Å². The monoisotopic (exact) mass is 678 g/mol. The molecule has 7 nitrogen and oxygen atoms in total. The molecular formula is C36H43F5N2O5. The van der Waals surface area contributed by atoms with Gasteiger partial charge in [0, 0.05) is 49.5 Å². The van der Waals surface area contributed by atoms with Crippen molar-refractivity contribution >= 4 is 17.8 Å². The Morgan fingerprint density at radius 1 is 0.917 bits per heavy atom. The Morgan fingerprint density at radius 3 is 2.15 bits per heavy atom. The van der Waals surface area contributed by atoms with Crippen LogP contribution in [0.1, 0.15) is 94.5 Å². The minimum Gasteiger partial charge on any atom is -0.444 e. The maximum Gasteiger partial charge on any atom is 0.456 e. The fourth-order valence-electron chi connectivity index (χ4n) is 9.17. The normalized spacial score (nSPS) is 31.2. The summed E-state index contributed by atoms with van der Waals surface area (Å²) in [6, 6.07) is 6.74. The summed E-state index contributed by atoms with van der Waals surface area (Å²) in [4.78, 5) is 41.4. The van der Waals surface area contributed by atoms with Crippen LogP contribution in [0, 0.1) is 17.3 Å². The van der Waals surface area contributed by atoms with Gasteiger partial charge in [0.25, 0.3) is 5.91 Å². The van der Waals surface area contributed by atoms with Gasteiger partial charge < -0.3 is 19.6 Å². The van der Waals surface area contributed by atoms with Crippen molar-refractivity contribution in [2.24, 2.45) is 17.3 Å². The van der Waals surface area contributed by atoms with E-state index in [0.29, 0.717) is 63.0 Å². The molecule has 3 fully saturated rings. The fraction of sp³-hybridized carbons (Fsp3) is 0.639. The Hall–Kier alpha value is -3.28. The molecule has 5 atom stereocenters. The molecule has 5 aliphatic rings. The van der Waals surface area contributed by atoms with Gasteiger partial charge in [0.15, 0.2) is 5.78 Å². The predicted molar refractivity (Wildman–Crippen MR) is 166 cm³/mol. The highest BCUT2D eigenvalue weighted by Gasteiger charge is 2.79. The first-order valence-electron chi connectivity index (χ1n) is 16.8. The lowest BCUT2D eigenvalue weighted by atomic mass is 9.50. The fourth-order valence-corrected chi connectivity index (χ4v) is 9.17. The van der Waals surface area contributed by atoms with Gasteiger partial charge in [-0.05, 0) is 106 Å². The molecule has 4 aliphatic carbocycles. The summed E-state index contributed by atoms with van der Waals surface area (Å²) in [5.41, 5.74) is -1.77. The third kappa shape index (κ3) is 5.55. The van der Waals surface area contributed by atoms with Crippen LogP contribution in [0.25, 0.3) is 0 Å². The maximum absolute atomic E-state index is 15.3. The number of alkyl halides is 5. The van der Waals surface area contributed by atoms with E-state index in [4.69, 9.17) is 4.74 Å². The molecule has 48 heavy (non-hydrogen) atoms. The average molecular weight is 679 g/mol. The molecule has 0 bridgehead atoms. The minimum absolute atomic E-state index is 0.0138. The molecule has 1 N–H and O–H groups in total. The zero-order chi connectivity index (χ0) is 35.0. The van der Waals surface area contributed by atoms with E-state index in [-0.39, 0.29) is 30.4 Å². The van der Waals surface area contributed by atoms with Gasteiger partial charge in [0.1, 0.15) is 11.2 Å². The van der Waals surface area contributed by atoms with Crippen molar-refractivity contribution in [1.82, 2.24) is 9.80 Å². The number of halogens is 5. The van der Waals surface area contributed by atoms with E-state index in [1.807, 2.05) is 0 Å². The van der Waals surface area contributed by atoms with Gasteiger partial charge in [-0.15, -0.1) is 0 Å². The number of amides is 2. The van der Waals surface area contributed by atoms with Crippen molar-refractivity contribution < 1.29 is 46.2 Å². The first kappa shape index (κ1) is 34.6. The van der Waals surface area contributed by atoms with E-state index in [1.165, 1.54) is 6.92 Å². The molecule has 12 heteroatoms. The van der Waals surface area contributed by atoms with Gasteiger partial charge in [-0.3, -0.25) is 9.59 Å². The number of fused-ring (bicyclic) bond motifs is 4. The van der Waals surface area contributed by atoms with Crippen LogP contribution in [-0.2, 0) is 9.53 Å². The third-order valence-corrected chi connectivity index (χ3v) is 11.5. The highest BCUT2D eigenvalue weighted by Crippen LogP contribution is 2.70. The largest absolute Gasteiger partial charge is 0.456 e. The zero-order valence-corrected chi connectivity index (χ0v) is 27.8. The van der Waals surface area contributed by atoms with Crippen LogP contribution in [0.15, 0.2) is 47.1 Å². The van der Waals surface area contributed by atoms with Crippen molar-refractivity contribution in [3.05, 3.63) is 58.2 Å². The van der Waals surface area contributed by atoms with Gasteiger partial charge in [0.05, 0.1) is 0 Å². The number of piperazine rings is 1. The van der Waals surface area contributed by atoms with Gasteiger partial charge in [0.2, 0.25) is 0 Å². The quantitative estimate of drug-likeness (QED) is 0.342. The molecule has 262 valence electrons. The summed E-state index contributed by atoms with van der Waals surface area (Å²) in [5, 5.41) is 11.5. The third-order valence-electron chi connectivity index (χ3n) is 11.5. The molecule has 2 amide bonds. The molecule has 0 aromatic heterocycles. The van der Waals surface area contributed by atoms with Crippen LogP contribution in [0.3, 0.4) is 0 Å². The standard InChI is InChI=1S/C36H43F5N2O5/c1-32(2,3)48-31(46)43-17-15-42(16-18-43)30(45)22-7-5-21(6-8-22)27-20-33(4)28(13-14-34(33,47)35(37,38)36(39,40)41)26-11-9-23-19-24(44)10-12-25(23)29(26)27/h5-8,19,26-28,47H,9-18,20H2,1-4H3/t26?,27-,28+,33?,34+/m1/s1. The van der Waals surface area contributed by atoms with Gasteiger partial charge >= 0.3 is 18.2 Å². The zero-order valence-electron chi connectivity index (χ0n) is 27.8. The number of nitrogens with zero attached hydrogens (tertiary/aromatic N) is 2. The Kier molecular flexibility index (Phi) is 8.40. The van der Waals surface area contributed by atoms with Crippen molar-refractivity contribution in [3.63, 3.8) is 0 Å². The summed E-state index contributed by atoms with van der Waals surface area (Å²) >= 11 is 0. The van der Waals surface area contributed by atoms with Gasteiger partial charge in [-0.1, -0.05) is 24.6 Å². The number of benzene rings is 1. The van der Waals surface area contributed by atoms with Crippen LogP contribution in [-0.4, -0.2) is 82.2 Å². The predicted octanol–water partition coefficient (Wildman–Crippen LogP) is 7.21. The van der Waals surface area contributed by atoms with E-state index in [2.05, 4.69) is 0 Å². The number of allylic oxidation sites excluding steroid dienone is 4. The smallest absolute Gasteiger partial charge is 0.444 e. The molecular weight excluding hydrogens is 635 g/mol. The Balaban J connectivity index is 1.30. The Labute approximate surface area is 277 Å². The number of carbonyl (C=O) groups excluding carboxylic acids is 3. The molecule has 1 aliphatic heterocycles. The topological polar surface area (TPSA) is 87.2 Å². The number of ether oxygens (including phenoxy) is 1. The SMILES string of the molecule is CC(C)(C)OC(=O)N1CCN(C(=O)c2ccc([C@H]3CC4(C)[C@@H](CC[C@@]4(O)C(F)(F)C(F)(F)F)C4CCC5=CC(=O)CCC5=C43)cc2)CC1. The Morgan fingerprint density at radius 2 is 1.54 bits per heavy atom. The lowest BCUT2D eigenvalue weighted by Crippen LogP contribution is -2.65. The molecule has 1 aromatic carbocycles. The average Bonchev–Trinajstić information content (AvgIpc) is 3.30. The van der Waals surface area contributed by atoms with Crippen LogP contribution >= 0.6 is 0 Å². The van der Waals surface area contributed by atoms with Crippen LogP contribution in [0.2, 0.25) is 0 Å². The molecule has 0 spiro atoms. The number of aliphatic hydroxyl groups is 1. The summed E-state index contributed by atoms with van der Waals surface area (Å²) in [5.74, 6) is -7.04. The second kappa shape index (κ2) is 11.7. The second-order valence-electron chi connectivity index (χ2n) is 15.3. The van der Waals surface area contributed by atoms with Crippen LogP contribution in [0.5, 0.6) is 0 Å². The molecule has 0 radical (unpaired) electrons. The van der Waals surface area contributed by atoms with Crippen LogP contribution < -0.4 is 0 Å². The molecule has 1 aromatic rings. The first-order valence-corrected chi connectivity index (χ1v) is 16.8. The molecule has 6 rings (SSSR count). The summed E-state index contributed by atoms with van der Waals surface area (Å²) < 4.78 is 77.5. The van der Waals surface area contributed by atoms with E-state index >= 15 is 8.78 Å². The highest BCUT2D eigenvalue weighted by atomic mass is 19.4. The van der Waals surface area contributed by atoms with E-state index in [0.717, 1.165) is 16.7 Å². The summed E-state index contributed by atoms with van der Waals surface area (Å²) in [6.45, 7) is 7.96. The van der Waals surface area contributed by atoms with Gasteiger partial charge in [-0.2, -0.15) is 22.0 Å². The Bertz CT molecular complexity index is 1550. The molecule has 1 heterocycles. The number of hydrogen-bond acceptors (Lipinski definition) is 5. The number of rotatable bonds is 3. The van der Waals surface area contributed by atoms with Crippen molar-refractivity contribution in [2.45, 2.75) is 102 Å². The number of carbonyl (C=O) groups is 3. The molecule has 2 saturated carbocycles. The van der Waals surface area contributed by atoms with Crippen molar-refractivity contribution in [2.75, 3.05) is 26.2 Å². The lowest BCUT2D eigenvalue weighted by Gasteiger charge is -2.56. The summed E-state index contributed by atoms with van der Waals surface area (Å²) in [6.07, 6.45) is -3.68. The minimum atomic E-state index is -5.92. The van der Waals surface area contributed by atoms with Crippen molar-refractivity contribution in [3.8, 4) is 0 Å². The van der Waals surface area contributed by atoms with E-state index in [9.17, 15) is 32.7 Å². The highest BCUT2D eigenvalue weighted by molar-refractivity contribution is 5.94. The number of hydrogen-bond donors (Lipinski definition) is 1.